The lowest BCUT2D eigenvalue weighted by molar-refractivity contribution is -0.121. The zero-order chi connectivity index (χ0) is 54.3. The largest absolute Gasteiger partial charge is 0.356 e. The van der Waals surface area contributed by atoms with Crippen molar-refractivity contribution in [2.75, 3.05) is 91.6 Å². The summed E-state index contributed by atoms with van der Waals surface area (Å²) in [7, 11) is 0. The third-order valence-electron chi connectivity index (χ3n) is 15.2. The second kappa shape index (κ2) is 35.7. The molecule has 14 heteroatoms. The number of aromatic nitrogens is 4. The molecule has 8 bridgehead atoms. The molecular formula is C62H102N12O2. The number of unbranched alkanes of at least 4 members (excludes halogenated alkanes) is 6. The Labute approximate surface area is 458 Å². The summed E-state index contributed by atoms with van der Waals surface area (Å²) in [6.07, 6.45) is 17.2. The number of fused-ring (bicyclic) bond motifs is 8. The van der Waals surface area contributed by atoms with E-state index in [1.54, 1.807) is 0 Å². The summed E-state index contributed by atoms with van der Waals surface area (Å²) < 4.78 is 0. The van der Waals surface area contributed by atoms with Crippen molar-refractivity contribution < 1.29 is 9.59 Å². The van der Waals surface area contributed by atoms with Crippen LogP contribution in [-0.2, 0) is 22.4 Å². The first-order valence-corrected chi connectivity index (χ1v) is 30.0. The molecule has 0 saturated carbocycles. The summed E-state index contributed by atoms with van der Waals surface area (Å²) in [5.74, 6) is 0.112. The van der Waals surface area contributed by atoms with E-state index < -0.39 is 0 Å². The Balaban J connectivity index is 1.21. The van der Waals surface area contributed by atoms with Crippen LogP contribution in [0.1, 0.15) is 189 Å². The van der Waals surface area contributed by atoms with Gasteiger partial charge in [-0.25, -0.2) is 9.97 Å². The van der Waals surface area contributed by atoms with Crippen LogP contribution in [0.25, 0.3) is 44.4 Å². The summed E-state index contributed by atoms with van der Waals surface area (Å²) in [6.45, 7) is 31.4. The average molecular weight is 1050 g/mol. The van der Waals surface area contributed by atoms with E-state index in [1.165, 1.54) is 73.6 Å². The van der Waals surface area contributed by atoms with Crippen LogP contribution >= 0.6 is 0 Å². The van der Waals surface area contributed by atoms with E-state index in [-0.39, 0.29) is 11.8 Å². The van der Waals surface area contributed by atoms with Crippen LogP contribution in [-0.4, -0.2) is 123 Å². The fourth-order valence-corrected chi connectivity index (χ4v) is 10.5. The van der Waals surface area contributed by atoms with Gasteiger partial charge in [0.2, 0.25) is 11.8 Å². The molecule has 0 spiro atoms. The summed E-state index contributed by atoms with van der Waals surface area (Å²) in [6, 6.07) is 8.74. The molecule has 2 amide bonds. The van der Waals surface area contributed by atoms with Crippen molar-refractivity contribution in [1.82, 2.24) is 62.5 Å². The summed E-state index contributed by atoms with van der Waals surface area (Å²) in [5, 5.41) is 27.5. The quantitative estimate of drug-likeness (QED) is 0.0246. The van der Waals surface area contributed by atoms with E-state index in [9.17, 15) is 9.59 Å². The molecule has 5 rings (SSSR count). The standard InChI is InChI=1S/C62H102N12O2/c1-9-49-45(5)53-41-54-47(7)51(25-27-61(75)69-39-23-21-37-67-35-19-17-33-65-31-15-13-29-63-11-3)59(73-54)44-60-52(48(8)56(74-60)43-58-50(10-2)46(6)55(72-58)42-57(49)71-53)26-28-62(76)70-40-24-22-38-68-36-20-18-34-66-32-16-14-30-64-12-4/h41-44,63-68,71-72H,9-40H2,1-8H3,(H,69,75)(H,70,76). The fraction of sp³-hybridized carbons (Fsp3) is 0.645. The van der Waals surface area contributed by atoms with E-state index in [2.05, 4.69) is 132 Å². The maximum absolute atomic E-state index is 13.4. The number of rotatable bonds is 40. The molecule has 0 aliphatic carbocycles. The summed E-state index contributed by atoms with van der Waals surface area (Å²) >= 11 is 0. The van der Waals surface area contributed by atoms with Gasteiger partial charge in [0.1, 0.15) is 0 Å². The molecule has 0 aromatic carbocycles. The summed E-state index contributed by atoms with van der Waals surface area (Å²) in [4.78, 5) is 45.1. The molecule has 2 aliphatic heterocycles. The van der Waals surface area contributed by atoms with Crippen molar-refractivity contribution >= 4 is 56.2 Å². The predicted molar refractivity (Wildman–Crippen MR) is 323 cm³/mol. The van der Waals surface area contributed by atoms with Crippen LogP contribution in [0.2, 0.25) is 0 Å². The van der Waals surface area contributed by atoms with Crippen LogP contribution in [0.4, 0.5) is 0 Å². The Morgan fingerprint density at radius 2 is 0.711 bits per heavy atom. The van der Waals surface area contributed by atoms with Crippen molar-refractivity contribution in [1.29, 1.82) is 0 Å². The van der Waals surface area contributed by atoms with Crippen molar-refractivity contribution in [3.05, 3.63) is 69.3 Å². The number of nitrogens with one attached hydrogen (secondary N) is 10. The number of hydrogen-bond donors (Lipinski definition) is 10. The first-order chi connectivity index (χ1) is 37.1. The zero-order valence-corrected chi connectivity index (χ0v) is 48.6. The highest BCUT2D eigenvalue weighted by molar-refractivity contribution is 5.97. The SMILES string of the molecule is CCNCCCCNCCCCNCCCCNC(=O)CCC1=C(C)c2cc3[nH]c(cc4[nH]c(cc5nc(cc1n2)C(CCC(=O)NCCCCNCCCCNCCCCNCC)=C5C)c(CC)c4C)c(CC)c3C. The lowest BCUT2D eigenvalue weighted by atomic mass is 9.98. The number of nitrogens with zero attached hydrogens (tertiary/aromatic N) is 2. The molecule has 422 valence electrons. The van der Waals surface area contributed by atoms with Gasteiger partial charge < -0.3 is 52.5 Å². The van der Waals surface area contributed by atoms with Crippen LogP contribution in [0.15, 0.2) is 24.3 Å². The molecule has 10 N–H and O–H groups in total. The first-order valence-electron chi connectivity index (χ1n) is 30.0. The van der Waals surface area contributed by atoms with Crippen LogP contribution in [0.3, 0.4) is 0 Å². The number of hydrogen-bond acceptors (Lipinski definition) is 10. The average Bonchev–Trinajstić information content (AvgIpc) is 4.09. The fourth-order valence-electron chi connectivity index (χ4n) is 10.5. The van der Waals surface area contributed by atoms with Crippen molar-refractivity contribution in [3.63, 3.8) is 0 Å². The molecule has 0 unspecified atom stereocenters. The Bertz CT molecular complexity index is 2470. The summed E-state index contributed by atoms with van der Waals surface area (Å²) in [5.41, 5.74) is 17.0. The minimum absolute atomic E-state index is 0.0560. The molecule has 0 saturated heterocycles. The van der Waals surface area contributed by atoms with E-state index >= 15 is 0 Å². The molecule has 3 aromatic rings. The van der Waals surface area contributed by atoms with Gasteiger partial charge in [-0.2, -0.15) is 0 Å². The third-order valence-corrected chi connectivity index (χ3v) is 15.2. The molecule has 0 atom stereocenters. The number of H-pyrrole nitrogens is 2. The Hall–Kier alpha value is -4.70. The molecule has 2 aliphatic rings. The smallest absolute Gasteiger partial charge is 0.220 e. The van der Waals surface area contributed by atoms with Crippen LogP contribution in [0, 0.1) is 13.8 Å². The molecular weight excluding hydrogens is 945 g/mol. The minimum atomic E-state index is 0.0560. The van der Waals surface area contributed by atoms with Gasteiger partial charge >= 0.3 is 0 Å². The maximum Gasteiger partial charge on any atom is 0.220 e. The molecule has 76 heavy (non-hydrogen) atoms. The van der Waals surface area contributed by atoms with Gasteiger partial charge in [0.05, 0.1) is 22.8 Å². The highest BCUT2D eigenvalue weighted by Crippen LogP contribution is 2.38. The topological polar surface area (TPSA) is 188 Å². The molecule has 5 heterocycles. The maximum atomic E-state index is 13.4. The number of allylic oxidation sites excluding steroid dienone is 4. The van der Waals surface area contributed by atoms with Gasteiger partial charge in [-0.3, -0.25) is 9.59 Å². The second-order valence-electron chi connectivity index (χ2n) is 21.0. The third kappa shape index (κ3) is 20.6. The van der Waals surface area contributed by atoms with Crippen LogP contribution < -0.4 is 42.5 Å². The molecule has 0 fully saturated rings. The van der Waals surface area contributed by atoms with Crippen molar-refractivity contribution in [3.8, 4) is 0 Å². The number of carbonyl (C=O) groups excluding carboxylic acids is 2. The molecule has 14 nitrogen and oxygen atoms in total. The minimum Gasteiger partial charge on any atom is -0.356 e. The highest BCUT2D eigenvalue weighted by atomic mass is 16.2. The number of aryl methyl sites for hydroxylation is 4. The van der Waals surface area contributed by atoms with Gasteiger partial charge in [-0.05, 0) is 278 Å². The lowest BCUT2D eigenvalue weighted by Gasteiger charge is -2.09. The van der Waals surface area contributed by atoms with E-state index in [0.717, 1.165) is 184 Å². The lowest BCUT2D eigenvalue weighted by Crippen LogP contribution is -2.25. The number of amides is 2. The van der Waals surface area contributed by atoms with Gasteiger partial charge in [0, 0.05) is 48.0 Å². The van der Waals surface area contributed by atoms with Crippen molar-refractivity contribution in [2.24, 2.45) is 0 Å². The van der Waals surface area contributed by atoms with E-state index in [0.29, 0.717) is 38.8 Å². The molecule has 0 radical (unpaired) electrons. The Morgan fingerprint density at radius 3 is 1.07 bits per heavy atom. The predicted octanol–water partition coefficient (Wildman–Crippen LogP) is 9.97. The van der Waals surface area contributed by atoms with Crippen LogP contribution in [0.5, 0.6) is 0 Å². The monoisotopic (exact) mass is 1050 g/mol. The first kappa shape index (κ1) is 62.1. The molecule has 3 aromatic heterocycles. The normalized spacial score (nSPS) is 12.6. The second-order valence-corrected chi connectivity index (χ2v) is 21.0. The van der Waals surface area contributed by atoms with Gasteiger partial charge in [0.25, 0.3) is 0 Å². The Morgan fingerprint density at radius 1 is 0.395 bits per heavy atom. The number of aromatic amines is 2. The van der Waals surface area contributed by atoms with Gasteiger partial charge in [-0.1, -0.05) is 27.7 Å². The Kier molecular flexibility index (Phi) is 29.2. The van der Waals surface area contributed by atoms with Gasteiger partial charge in [-0.15, -0.1) is 0 Å². The van der Waals surface area contributed by atoms with Crippen molar-refractivity contribution in [2.45, 2.75) is 171 Å². The highest BCUT2D eigenvalue weighted by Gasteiger charge is 2.23. The van der Waals surface area contributed by atoms with E-state index in [1.807, 2.05) is 0 Å². The van der Waals surface area contributed by atoms with Gasteiger partial charge in [0.15, 0.2) is 0 Å². The van der Waals surface area contributed by atoms with E-state index in [4.69, 9.17) is 9.97 Å². The zero-order valence-electron chi connectivity index (χ0n) is 48.6. The number of carbonyl (C=O) groups is 2.